The molecule has 18 heavy (non-hydrogen) atoms. The first-order valence-corrected chi connectivity index (χ1v) is 5.86. The van der Waals surface area contributed by atoms with Gasteiger partial charge in [0.15, 0.2) is 0 Å². The molecule has 6 nitrogen and oxygen atoms in total. The summed E-state index contributed by atoms with van der Waals surface area (Å²) in [6, 6.07) is -1.36. The van der Waals surface area contributed by atoms with Crippen molar-refractivity contribution < 1.29 is 19.4 Å². The molecule has 6 heteroatoms. The number of methoxy groups -OCH3 is 1. The Bertz CT molecular complexity index is 298. The summed E-state index contributed by atoms with van der Waals surface area (Å²) in [5.41, 5.74) is 1.09. The molecule has 2 amide bonds. The van der Waals surface area contributed by atoms with E-state index in [1.807, 2.05) is 19.9 Å². The van der Waals surface area contributed by atoms with E-state index in [1.54, 1.807) is 7.11 Å². The summed E-state index contributed by atoms with van der Waals surface area (Å²) < 4.78 is 4.84. The minimum Gasteiger partial charge on any atom is -0.480 e. The molecule has 0 bridgehead atoms. The van der Waals surface area contributed by atoms with Crippen LogP contribution in [0.3, 0.4) is 0 Å². The molecule has 0 spiro atoms. The standard InChI is InChI=1S/C12H22N2O4/c1-9(2)6-7-13-12(17)14-10(11(15)16)5-4-8-18-3/h6,10H,4-5,7-8H2,1-3H3,(H,15,16)(H2,13,14,17). The van der Waals surface area contributed by atoms with E-state index >= 15 is 0 Å². The van der Waals surface area contributed by atoms with E-state index in [0.29, 0.717) is 26.0 Å². The van der Waals surface area contributed by atoms with Crippen molar-refractivity contribution in [3.05, 3.63) is 11.6 Å². The molecule has 1 atom stereocenters. The number of carbonyl (C=O) groups excluding carboxylic acids is 1. The molecule has 0 aliphatic carbocycles. The number of allylic oxidation sites excluding steroid dienone is 1. The smallest absolute Gasteiger partial charge is 0.326 e. The molecule has 0 rings (SSSR count). The van der Waals surface area contributed by atoms with Gasteiger partial charge in [0.25, 0.3) is 0 Å². The summed E-state index contributed by atoms with van der Waals surface area (Å²) in [4.78, 5) is 22.3. The fourth-order valence-electron chi connectivity index (χ4n) is 1.25. The van der Waals surface area contributed by atoms with E-state index in [1.165, 1.54) is 0 Å². The number of nitrogens with one attached hydrogen (secondary N) is 2. The Balaban J connectivity index is 4.03. The van der Waals surface area contributed by atoms with E-state index in [9.17, 15) is 9.59 Å². The fraction of sp³-hybridized carbons (Fsp3) is 0.667. The summed E-state index contributed by atoms with van der Waals surface area (Å²) in [7, 11) is 1.55. The number of urea groups is 1. The highest BCUT2D eigenvalue weighted by Crippen LogP contribution is 1.98. The predicted octanol–water partition coefficient (Wildman–Crippen LogP) is 1.13. The molecular weight excluding hydrogens is 236 g/mol. The summed E-state index contributed by atoms with van der Waals surface area (Å²) in [6.45, 7) is 4.71. The number of aliphatic carboxylic acids is 1. The maximum atomic E-state index is 11.4. The van der Waals surface area contributed by atoms with Gasteiger partial charge in [-0.1, -0.05) is 11.6 Å². The Morgan fingerprint density at radius 2 is 2.06 bits per heavy atom. The zero-order chi connectivity index (χ0) is 14.0. The van der Waals surface area contributed by atoms with Gasteiger partial charge in [0.2, 0.25) is 0 Å². The third kappa shape index (κ3) is 8.58. The Morgan fingerprint density at radius 1 is 1.39 bits per heavy atom. The van der Waals surface area contributed by atoms with Gasteiger partial charge in [-0.2, -0.15) is 0 Å². The third-order valence-corrected chi connectivity index (χ3v) is 2.22. The fourth-order valence-corrected chi connectivity index (χ4v) is 1.25. The number of carboxylic acid groups (broad SMARTS) is 1. The summed E-state index contributed by atoms with van der Waals surface area (Å²) in [6.07, 6.45) is 2.78. The van der Waals surface area contributed by atoms with Crippen molar-refractivity contribution in [2.45, 2.75) is 32.7 Å². The second kappa shape index (κ2) is 9.47. The van der Waals surface area contributed by atoms with Crippen molar-refractivity contribution in [1.29, 1.82) is 0 Å². The predicted molar refractivity (Wildman–Crippen MR) is 68.5 cm³/mol. The van der Waals surface area contributed by atoms with Crippen LogP contribution in [0.5, 0.6) is 0 Å². The Kier molecular flexibility index (Phi) is 8.65. The quantitative estimate of drug-likeness (QED) is 0.450. The average molecular weight is 258 g/mol. The number of ether oxygens (including phenoxy) is 1. The lowest BCUT2D eigenvalue weighted by Crippen LogP contribution is -2.46. The number of hydrogen-bond acceptors (Lipinski definition) is 3. The first-order chi connectivity index (χ1) is 8.47. The number of amides is 2. The van der Waals surface area contributed by atoms with E-state index in [2.05, 4.69) is 10.6 Å². The van der Waals surface area contributed by atoms with E-state index in [4.69, 9.17) is 9.84 Å². The van der Waals surface area contributed by atoms with Crippen molar-refractivity contribution in [3.63, 3.8) is 0 Å². The van der Waals surface area contributed by atoms with Gasteiger partial charge in [0.1, 0.15) is 6.04 Å². The van der Waals surface area contributed by atoms with Gasteiger partial charge in [-0.3, -0.25) is 0 Å². The van der Waals surface area contributed by atoms with Gasteiger partial charge in [0.05, 0.1) is 0 Å². The molecule has 0 aromatic heterocycles. The summed E-state index contributed by atoms with van der Waals surface area (Å²) in [5, 5.41) is 13.9. The molecule has 0 aliphatic heterocycles. The maximum absolute atomic E-state index is 11.4. The topological polar surface area (TPSA) is 87.7 Å². The molecule has 0 aromatic rings. The zero-order valence-corrected chi connectivity index (χ0v) is 11.2. The SMILES string of the molecule is COCCCC(NC(=O)NCC=C(C)C)C(=O)O. The molecule has 0 saturated carbocycles. The lowest BCUT2D eigenvalue weighted by Gasteiger charge is -2.14. The van der Waals surface area contributed by atoms with E-state index < -0.39 is 18.0 Å². The Morgan fingerprint density at radius 3 is 2.56 bits per heavy atom. The lowest BCUT2D eigenvalue weighted by molar-refractivity contribution is -0.139. The molecule has 1 unspecified atom stereocenters. The van der Waals surface area contributed by atoms with Gasteiger partial charge in [-0.15, -0.1) is 0 Å². The minimum absolute atomic E-state index is 0.346. The van der Waals surface area contributed by atoms with Crippen LogP contribution >= 0.6 is 0 Å². The molecule has 0 saturated heterocycles. The number of rotatable bonds is 8. The number of hydrogen-bond donors (Lipinski definition) is 3. The highest BCUT2D eigenvalue weighted by Gasteiger charge is 2.18. The highest BCUT2D eigenvalue weighted by molar-refractivity contribution is 5.82. The van der Waals surface area contributed by atoms with Crippen molar-refractivity contribution in [3.8, 4) is 0 Å². The van der Waals surface area contributed by atoms with Gasteiger partial charge in [0, 0.05) is 20.3 Å². The van der Waals surface area contributed by atoms with Crippen LogP contribution < -0.4 is 10.6 Å². The van der Waals surface area contributed by atoms with Crippen LogP contribution in [0.25, 0.3) is 0 Å². The summed E-state index contributed by atoms with van der Waals surface area (Å²) in [5.74, 6) is -1.04. The maximum Gasteiger partial charge on any atom is 0.326 e. The molecule has 104 valence electrons. The van der Waals surface area contributed by atoms with Crippen molar-refractivity contribution in [1.82, 2.24) is 10.6 Å². The van der Waals surface area contributed by atoms with E-state index in [-0.39, 0.29) is 0 Å². The first-order valence-electron chi connectivity index (χ1n) is 5.86. The third-order valence-electron chi connectivity index (χ3n) is 2.22. The van der Waals surface area contributed by atoms with Crippen molar-refractivity contribution in [2.24, 2.45) is 0 Å². The normalized spacial score (nSPS) is 11.5. The van der Waals surface area contributed by atoms with Gasteiger partial charge in [-0.25, -0.2) is 9.59 Å². The minimum atomic E-state index is -1.04. The van der Waals surface area contributed by atoms with Gasteiger partial charge in [-0.05, 0) is 26.7 Å². The lowest BCUT2D eigenvalue weighted by atomic mass is 10.1. The number of carboxylic acids is 1. The largest absolute Gasteiger partial charge is 0.480 e. The molecule has 0 aliphatic rings. The molecule has 0 radical (unpaired) electrons. The zero-order valence-electron chi connectivity index (χ0n) is 11.2. The van der Waals surface area contributed by atoms with Crippen molar-refractivity contribution in [2.75, 3.05) is 20.3 Å². The monoisotopic (exact) mass is 258 g/mol. The molecular formula is C12H22N2O4. The Hall–Kier alpha value is -1.56. The second-order valence-corrected chi connectivity index (χ2v) is 4.16. The molecule has 0 heterocycles. The van der Waals surface area contributed by atoms with Crippen LogP contribution in [0, 0.1) is 0 Å². The van der Waals surface area contributed by atoms with Crippen LogP contribution in [0.1, 0.15) is 26.7 Å². The van der Waals surface area contributed by atoms with Crippen LogP contribution in [0.15, 0.2) is 11.6 Å². The second-order valence-electron chi connectivity index (χ2n) is 4.16. The Labute approximate surface area is 107 Å². The van der Waals surface area contributed by atoms with Gasteiger partial charge >= 0.3 is 12.0 Å². The van der Waals surface area contributed by atoms with Crippen LogP contribution in [0.4, 0.5) is 4.79 Å². The summed E-state index contributed by atoms with van der Waals surface area (Å²) >= 11 is 0. The van der Waals surface area contributed by atoms with Crippen LogP contribution in [0.2, 0.25) is 0 Å². The molecule has 3 N–H and O–H groups in total. The first kappa shape index (κ1) is 16.4. The highest BCUT2D eigenvalue weighted by atomic mass is 16.5. The van der Waals surface area contributed by atoms with Crippen LogP contribution in [-0.4, -0.2) is 43.4 Å². The average Bonchev–Trinajstić information content (AvgIpc) is 2.27. The number of carbonyl (C=O) groups is 2. The van der Waals surface area contributed by atoms with E-state index in [0.717, 1.165) is 5.57 Å². The van der Waals surface area contributed by atoms with Gasteiger partial charge < -0.3 is 20.5 Å². The van der Waals surface area contributed by atoms with Crippen LogP contribution in [-0.2, 0) is 9.53 Å². The molecule has 0 fully saturated rings. The molecule has 0 aromatic carbocycles. The van der Waals surface area contributed by atoms with Crippen molar-refractivity contribution >= 4 is 12.0 Å².